The molecule has 1 atom stereocenters. The maximum absolute atomic E-state index is 12.9. The van der Waals surface area contributed by atoms with Gasteiger partial charge in [0.15, 0.2) is 6.10 Å². The molecule has 0 aliphatic carbocycles. The van der Waals surface area contributed by atoms with Gasteiger partial charge in [-0.1, -0.05) is 326 Å². The number of hydrogen-bond donors (Lipinski definition) is 0. The van der Waals surface area contributed by atoms with Gasteiger partial charge in [0.2, 0.25) is 0 Å². The van der Waals surface area contributed by atoms with E-state index in [1.54, 1.807) is 0 Å². The molecule has 0 aromatic rings. The highest BCUT2D eigenvalue weighted by Crippen LogP contribution is 2.18. The lowest BCUT2D eigenvalue weighted by Gasteiger charge is -2.18. The van der Waals surface area contributed by atoms with Gasteiger partial charge in [-0.25, -0.2) is 0 Å². The first-order chi connectivity index (χ1) is 37.0. The minimum absolute atomic E-state index is 0.0671. The number of hydrogen-bond acceptors (Lipinski definition) is 6. The Morgan fingerprint density at radius 3 is 0.813 bits per heavy atom. The van der Waals surface area contributed by atoms with Gasteiger partial charge in [-0.15, -0.1) is 0 Å². The lowest BCUT2D eigenvalue weighted by Crippen LogP contribution is -2.30. The van der Waals surface area contributed by atoms with E-state index in [9.17, 15) is 14.4 Å². The standard InChI is InChI=1S/C69H126O6/c1-4-7-10-13-16-18-20-22-24-26-28-30-31-32-33-34-35-36-37-39-40-42-44-46-48-50-53-56-59-62-68(71)74-65-66(64-73-67(70)61-58-55-52-15-12-9-6-3)75-69(72)63-60-57-54-51-49-47-45-43-41-38-29-27-25-23-21-19-17-14-11-8-5-2/h7,10,16,18,22,24,28,30,66H,4-6,8-9,11-15,17,19-21,23,25-27,29,31-65H2,1-3H3/b10-7-,18-16-,24-22-,30-28-. The highest BCUT2D eigenvalue weighted by atomic mass is 16.6. The lowest BCUT2D eigenvalue weighted by atomic mass is 10.0. The Hall–Kier alpha value is -2.63. The maximum atomic E-state index is 12.9. The molecule has 0 saturated carbocycles. The Morgan fingerprint density at radius 1 is 0.280 bits per heavy atom. The van der Waals surface area contributed by atoms with Crippen LogP contribution < -0.4 is 0 Å². The average molecular weight is 1050 g/mol. The van der Waals surface area contributed by atoms with Crippen LogP contribution in [0.4, 0.5) is 0 Å². The third-order valence-electron chi connectivity index (χ3n) is 14.8. The van der Waals surface area contributed by atoms with Crippen LogP contribution in [0.5, 0.6) is 0 Å². The first kappa shape index (κ1) is 72.4. The average Bonchev–Trinajstić information content (AvgIpc) is 3.41. The zero-order valence-corrected chi connectivity index (χ0v) is 50.3. The first-order valence-corrected chi connectivity index (χ1v) is 33.1. The predicted octanol–water partition coefficient (Wildman–Crippen LogP) is 22.6. The Morgan fingerprint density at radius 2 is 0.520 bits per heavy atom. The fourth-order valence-electron chi connectivity index (χ4n) is 9.91. The Labute approximate surface area is 467 Å². The zero-order chi connectivity index (χ0) is 54.3. The lowest BCUT2D eigenvalue weighted by molar-refractivity contribution is -0.167. The molecule has 6 heteroatoms. The number of carbonyl (C=O) groups is 3. The fraction of sp³-hybridized carbons (Fsp3) is 0.841. The van der Waals surface area contributed by atoms with Crippen LogP contribution in [0.15, 0.2) is 48.6 Å². The van der Waals surface area contributed by atoms with E-state index >= 15 is 0 Å². The van der Waals surface area contributed by atoms with Crippen molar-refractivity contribution in [2.24, 2.45) is 0 Å². The SMILES string of the molecule is CC/C=C\C/C=C\C/C=C\C/C=C\CCCCCCCCCCCCCCCCCCC(=O)OCC(COC(=O)CCCCCCCCC)OC(=O)CCCCCCCCCCCCCCCCCCCCCCC. The topological polar surface area (TPSA) is 78.9 Å². The molecule has 0 rings (SSSR count). The molecule has 0 radical (unpaired) electrons. The fourth-order valence-corrected chi connectivity index (χ4v) is 9.91. The smallest absolute Gasteiger partial charge is 0.306 e. The molecule has 0 heterocycles. The number of unbranched alkanes of at least 4 members (excludes halogenated alkanes) is 42. The summed E-state index contributed by atoms with van der Waals surface area (Å²) in [5.41, 5.74) is 0. The normalized spacial score (nSPS) is 12.3. The van der Waals surface area contributed by atoms with Crippen LogP contribution >= 0.6 is 0 Å². The molecule has 0 aromatic carbocycles. The van der Waals surface area contributed by atoms with E-state index in [1.807, 2.05) is 0 Å². The largest absolute Gasteiger partial charge is 0.462 e. The number of ether oxygens (including phenoxy) is 3. The molecule has 0 aromatic heterocycles. The zero-order valence-electron chi connectivity index (χ0n) is 50.3. The number of carbonyl (C=O) groups excluding carboxylic acids is 3. The third-order valence-corrected chi connectivity index (χ3v) is 14.8. The highest BCUT2D eigenvalue weighted by molar-refractivity contribution is 5.71. The highest BCUT2D eigenvalue weighted by Gasteiger charge is 2.19. The van der Waals surface area contributed by atoms with Gasteiger partial charge in [-0.05, 0) is 57.8 Å². The van der Waals surface area contributed by atoms with Crippen molar-refractivity contribution in [1.82, 2.24) is 0 Å². The molecule has 0 bridgehead atoms. The van der Waals surface area contributed by atoms with Crippen LogP contribution in [-0.4, -0.2) is 37.2 Å². The van der Waals surface area contributed by atoms with Gasteiger partial charge < -0.3 is 14.2 Å². The molecule has 0 N–H and O–H groups in total. The van der Waals surface area contributed by atoms with Crippen molar-refractivity contribution < 1.29 is 28.6 Å². The van der Waals surface area contributed by atoms with Crippen molar-refractivity contribution in [3.63, 3.8) is 0 Å². The third kappa shape index (κ3) is 62.1. The monoisotopic (exact) mass is 1050 g/mol. The minimum atomic E-state index is -0.767. The van der Waals surface area contributed by atoms with Gasteiger partial charge in [0, 0.05) is 19.3 Å². The van der Waals surface area contributed by atoms with Gasteiger partial charge in [-0.2, -0.15) is 0 Å². The second-order valence-corrected chi connectivity index (χ2v) is 22.4. The molecule has 0 aliphatic heterocycles. The minimum Gasteiger partial charge on any atom is -0.462 e. The van der Waals surface area contributed by atoms with E-state index in [1.165, 1.54) is 231 Å². The van der Waals surface area contributed by atoms with Crippen LogP contribution in [0, 0.1) is 0 Å². The van der Waals surface area contributed by atoms with E-state index in [-0.39, 0.29) is 31.1 Å². The van der Waals surface area contributed by atoms with Gasteiger partial charge in [-0.3, -0.25) is 14.4 Å². The molecule has 75 heavy (non-hydrogen) atoms. The predicted molar refractivity (Wildman–Crippen MR) is 325 cm³/mol. The van der Waals surface area contributed by atoms with E-state index in [0.717, 1.165) is 83.5 Å². The summed E-state index contributed by atoms with van der Waals surface area (Å²) >= 11 is 0. The summed E-state index contributed by atoms with van der Waals surface area (Å²) in [7, 11) is 0. The van der Waals surface area contributed by atoms with Crippen LogP contribution in [0.2, 0.25) is 0 Å². The molecule has 6 nitrogen and oxygen atoms in total. The summed E-state index contributed by atoms with van der Waals surface area (Å²) < 4.78 is 16.9. The molecule has 0 fully saturated rings. The summed E-state index contributed by atoms with van der Waals surface area (Å²) in [4.78, 5) is 38.1. The van der Waals surface area contributed by atoms with Gasteiger partial charge >= 0.3 is 17.9 Å². The Balaban J connectivity index is 4.04. The molecule has 438 valence electrons. The van der Waals surface area contributed by atoms with Crippen molar-refractivity contribution in [3.8, 4) is 0 Å². The van der Waals surface area contributed by atoms with Gasteiger partial charge in [0.25, 0.3) is 0 Å². The first-order valence-electron chi connectivity index (χ1n) is 33.1. The van der Waals surface area contributed by atoms with E-state index in [0.29, 0.717) is 19.3 Å². The van der Waals surface area contributed by atoms with Crippen molar-refractivity contribution >= 4 is 17.9 Å². The molecular weight excluding hydrogens is 925 g/mol. The van der Waals surface area contributed by atoms with Crippen molar-refractivity contribution in [2.75, 3.05) is 13.2 Å². The van der Waals surface area contributed by atoms with E-state index in [2.05, 4.69) is 69.4 Å². The number of rotatable bonds is 61. The quantitative estimate of drug-likeness (QED) is 0.0261. The summed E-state index contributed by atoms with van der Waals surface area (Å²) in [6.07, 6.45) is 80.2. The summed E-state index contributed by atoms with van der Waals surface area (Å²) in [5, 5.41) is 0. The Bertz CT molecular complexity index is 1300. The van der Waals surface area contributed by atoms with Crippen LogP contribution in [-0.2, 0) is 28.6 Å². The summed E-state index contributed by atoms with van der Waals surface area (Å²) in [5.74, 6) is -0.850. The second-order valence-electron chi connectivity index (χ2n) is 22.4. The van der Waals surface area contributed by atoms with Crippen LogP contribution in [0.3, 0.4) is 0 Å². The van der Waals surface area contributed by atoms with Crippen molar-refractivity contribution in [3.05, 3.63) is 48.6 Å². The molecule has 1 unspecified atom stereocenters. The van der Waals surface area contributed by atoms with Crippen molar-refractivity contribution in [1.29, 1.82) is 0 Å². The molecule has 0 amide bonds. The number of esters is 3. The summed E-state index contributed by atoms with van der Waals surface area (Å²) in [6.45, 7) is 6.55. The van der Waals surface area contributed by atoms with Crippen molar-refractivity contribution in [2.45, 2.75) is 361 Å². The maximum Gasteiger partial charge on any atom is 0.306 e. The van der Waals surface area contributed by atoms with E-state index < -0.39 is 6.10 Å². The van der Waals surface area contributed by atoms with E-state index in [4.69, 9.17) is 14.2 Å². The molecular formula is C69H126O6. The summed E-state index contributed by atoms with van der Waals surface area (Å²) in [6, 6.07) is 0. The molecule has 0 aliphatic rings. The molecule has 0 spiro atoms. The second kappa shape index (κ2) is 63.9. The molecule has 0 saturated heterocycles. The van der Waals surface area contributed by atoms with Gasteiger partial charge in [0.05, 0.1) is 0 Å². The number of allylic oxidation sites excluding steroid dienone is 8. The van der Waals surface area contributed by atoms with Crippen LogP contribution in [0.1, 0.15) is 355 Å². The Kier molecular flexibility index (Phi) is 61.7. The van der Waals surface area contributed by atoms with Gasteiger partial charge in [0.1, 0.15) is 13.2 Å². The van der Waals surface area contributed by atoms with Crippen LogP contribution in [0.25, 0.3) is 0 Å².